The Morgan fingerprint density at radius 3 is 2.96 bits per heavy atom. The highest BCUT2D eigenvalue weighted by atomic mass is 32.2. The molecule has 0 saturated carbocycles. The van der Waals surface area contributed by atoms with E-state index >= 15 is 0 Å². The van der Waals surface area contributed by atoms with Gasteiger partial charge in [0.2, 0.25) is 5.12 Å². The SMILES string of the molecule is COc1cccc2c1CCCC2CN(C)CCc1ccc2c(c1)SCSC2=O. The fourth-order valence-electron chi connectivity index (χ4n) is 4.32. The van der Waals surface area contributed by atoms with E-state index in [1.165, 1.54) is 41.3 Å². The number of ether oxygens (including phenoxy) is 1. The van der Waals surface area contributed by atoms with Crippen LogP contribution in [0.15, 0.2) is 41.3 Å². The normalized spacial score (nSPS) is 18.7. The van der Waals surface area contributed by atoms with Crippen LogP contribution in [-0.4, -0.2) is 42.3 Å². The second-order valence-corrected chi connectivity index (χ2v) is 9.98. The van der Waals surface area contributed by atoms with Gasteiger partial charge in [0.25, 0.3) is 0 Å². The van der Waals surface area contributed by atoms with Gasteiger partial charge in [0.15, 0.2) is 0 Å². The van der Waals surface area contributed by atoms with Crippen molar-refractivity contribution in [2.75, 3.05) is 32.3 Å². The molecule has 0 saturated heterocycles. The molecule has 2 aromatic rings. The molecule has 0 aromatic heterocycles. The molecule has 0 N–H and O–H groups in total. The van der Waals surface area contributed by atoms with Crippen molar-refractivity contribution in [3.8, 4) is 5.75 Å². The first-order chi connectivity index (χ1) is 13.7. The van der Waals surface area contributed by atoms with E-state index in [2.05, 4.69) is 42.3 Å². The number of carbonyl (C=O) groups is 1. The number of nitrogens with zero attached hydrogens (tertiary/aromatic N) is 1. The van der Waals surface area contributed by atoms with E-state index in [0.29, 0.717) is 5.92 Å². The lowest BCUT2D eigenvalue weighted by Crippen LogP contribution is -2.28. The van der Waals surface area contributed by atoms with Gasteiger partial charge in [-0.2, -0.15) is 0 Å². The van der Waals surface area contributed by atoms with Crippen molar-refractivity contribution in [1.82, 2.24) is 4.90 Å². The first-order valence-electron chi connectivity index (χ1n) is 9.93. The Hall–Kier alpha value is -1.43. The van der Waals surface area contributed by atoms with E-state index in [4.69, 9.17) is 4.74 Å². The van der Waals surface area contributed by atoms with Crippen LogP contribution in [0.5, 0.6) is 5.75 Å². The molecule has 0 fully saturated rings. The summed E-state index contributed by atoms with van der Waals surface area (Å²) in [6, 6.07) is 12.8. The third-order valence-electron chi connectivity index (χ3n) is 5.79. The lowest BCUT2D eigenvalue weighted by molar-refractivity contribution is 0.108. The third-order valence-corrected chi connectivity index (χ3v) is 7.87. The predicted molar refractivity (Wildman–Crippen MR) is 119 cm³/mol. The summed E-state index contributed by atoms with van der Waals surface area (Å²) in [5.74, 6) is 1.63. The molecular formula is C23H27NO2S2. The highest BCUT2D eigenvalue weighted by molar-refractivity contribution is 8.25. The molecule has 4 rings (SSSR count). The summed E-state index contributed by atoms with van der Waals surface area (Å²) in [7, 11) is 4.00. The van der Waals surface area contributed by atoms with Crippen molar-refractivity contribution < 1.29 is 9.53 Å². The molecule has 3 nitrogen and oxygen atoms in total. The zero-order valence-corrected chi connectivity index (χ0v) is 18.2. The van der Waals surface area contributed by atoms with Crippen LogP contribution in [-0.2, 0) is 12.8 Å². The summed E-state index contributed by atoms with van der Waals surface area (Å²) in [5.41, 5.74) is 5.08. The van der Waals surface area contributed by atoms with Gasteiger partial charge in [-0.15, -0.1) is 11.8 Å². The molecule has 1 aliphatic heterocycles. The number of hydrogen-bond acceptors (Lipinski definition) is 5. The lowest BCUT2D eigenvalue weighted by Gasteiger charge is -2.30. The molecule has 1 heterocycles. The van der Waals surface area contributed by atoms with Crippen LogP contribution < -0.4 is 4.74 Å². The van der Waals surface area contributed by atoms with Crippen LogP contribution in [0.2, 0.25) is 0 Å². The van der Waals surface area contributed by atoms with Crippen LogP contribution >= 0.6 is 23.5 Å². The average Bonchev–Trinajstić information content (AvgIpc) is 2.72. The van der Waals surface area contributed by atoms with Gasteiger partial charge >= 0.3 is 0 Å². The molecule has 0 radical (unpaired) electrons. The van der Waals surface area contributed by atoms with Crippen molar-refractivity contribution >= 4 is 28.6 Å². The van der Waals surface area contributed by atoms with Gasteiger partial charge in [-0.05, 0) is 73.5 Å². The number of thioether (sulfide) groups is 2. The fraction of sp³-hybridized carbons (Fsp3) is 0.435. The average molecular weight is 414 g/mol. The van der Waals surface area contributed by atoms with Gasteiger partial charge < -0.3 is 9.64 Å². The Morgan fingerprint density at radius 2 is 2.11 bits per heavy atom. The van der Waals surface area contributed by atoms with E-state index in [9.17, 15) is 4.79 Å². The van der Waals surface area contributed by atoms with Gasteiger partial charge in [-0.1, -0.05) is 30.0 Å². The maximum absolute atomic E-state index is 12.0. The third kappa shape index (κ3) is 4.27. The zero-order valence-electron chi connectivity index (χ0n) is 16.6. The summed E-state index contributed by atoms with van der Waals surface area (Å²) in [6.07, 6.45) is 4.63. The molecule has 0 spiro atoms. The van der Waals surface area contributed by atoms with Crippen molar-refractivity contribution in [3.05, 3.63) is 58.7 Å². The molecule has 5 heteroatoms. The van der Waals surface area contributed by atoms with Crippen LogP contribution in [0.3, 0.4) is 0 Å². The van der Waals surface area contributed by atoms with Gasteiger partial charge in [-0.3, -0.25) is 4.79 Å². The van der Waals surface area contributed by atoms with E-state index in [1.807, 2.05) is 6.07 Å². The van der Waals surface area contributed by atoms with Gasteiger partial charge in [0.05, 0.1) is 12.2 Å². The second-order valence-electron chi connectivity index (χ2n) is 7.65. The Bertz CT molecular complexity index is 868. The molecule has 0 amide bonds. The number of rotatable bonds is 6. The van der Waals surface area contributed by atoms with E-state index in [0.717, 1.165) is 47.2 Å². The van der Waals surface area contributed by atoms with Gasteiger partial charge in [0.1, 0.15) is 5.75 Å². The summed E-state index contributed by atoms with van der Waals surface area (Å²) in [6.45, 7) is 2.11. The molecule has 28 heavy (non-hydrogen) atoms. The Balaban J connectivity index is 1.38. The number of hydrogen-bond donors (Lipinski definition) is 0. The highest BCUT2D eigenvalue weighted by Gasteiger charge is 2.24. The summed E-state index contributed by atoms with van der Waals surface area (Å²) >= 11 is 3.19. The Morgan fingerprint density at radius 1 is 1.21 bits per heavy atom. The van der Waals surface area contributed by atoms with Crippen LogP contribution in [0.25, 0.3) is 0 Å². The summed E-state index contributed by atoms with van der Waals surface area (Å²) in [5, 5.41) is 1.04. The largest absolute Gasteiger partial charge is 0.496 e. The maximum Gasteiger partial charge on any atom is 0.221 e. The summed E-state index contributed by atoms with van der Waals surface area (Å²) in [4.78, 5) is 15.6. The smallest absolute Gasteiger partial charge is 0.221 e. The van der Waals surface area contributed by atoms with Crippen LogP contribution in [0, 0.1) is 0 Å². The van der Waals surface area contributed by atoms with Crippen molar-refractivity contribution in [1.29, 1.82) is 0 Å². The minimum absolute atomic E-state index is 0.212. The monoisotopic (exact) mass is 413 g/mol. The number of fused-ring (bicyclic) bond motifs is 2. The molecule has 2 aromatic carbocycles. The molecular weight excluding hydrogens is 386 g/mol. The number of benzene rings is 2. The zero-order chi connectivity index (χ0) is 19.5. The minimum atomic E-state index is 0.212. The number of methoxy groups -OCH3 is 1. The first-order valence-corrected chi connectivity index (χ1v) is 11.9. The second kappa shape index (κ2) is 8.93. The van der Waals surface area contributed by atoms with Crippen LogP contribution in [0.4, 0.5) is 0 Å². The predicted octanol–water partition coefficient (Wildman–Crippen LogP) is 5.23. The minimum Gasteiger partial charge on any atom is -0.496 e. The molecule has 2 aliphatic rings. The quantitative estimate of drug-likeness (QED) is 0.647. The number of likely N-dealkylation sites (N-methyl/N-ethyl adjacent to an activating group) is 1. The fourth-order valence-corrected chi connectivity index (χ4v) is 6.44. The standard InChI is InChI=1S/C23H27NO2S2/c1-24(12-11-16-9-10-20-22(13-16)27-15-28-23(20)25)14-17-5-3-7-19-18(17)6-4-8-21(19)26-2/h4,6,8-10,13,17H,3,5,7,11-12,14-15H2,1-2H3. The van der Waals surface area contributed by atoms with Crippen LogP contribution in [0.1, 0.15) is 45.8 Å². The van der Waals surface area contributed by atoms with Crippen molar-refractivity contribution in [3.63, 3.8) is 0 Å². The van der Waals surface area contributed by atoms with E-state index < -0.39 is 0 Å². The molecule has 0 bridgehead atoms. The maximum atomic E-state index is 12.0. The molecule has 148 valence electrons. The molecule has 1 unspecified atom stereocenters. The highest BCUT2D eigenvalue weighted by Crippen LogP contribution is 2.37. The number of carbonyl (C=O) groups excluding carboxylic acids is 1. The Kier molecular flexibility index (Phi) is 6.34. The first kappa shape index (κ1) is 19.9. The molecule has 1 atom stereocenters. The molecule has 1 aliphatic carbocycles. The van der Waals surface area contributed by atoms with Gasteiger partial charge in [0, 0.05) is 23.5 Å². The topological polar surface area (TPSA) is 29.5 Å². The Labute approximate surface area is 176 Å². The lowest BCUT2D eigenvalue weighted by atomic mass is 9.82. The van der Waals surface area contributed by atoms with Gasteiger partial charge in [-0.25, -0.2) is 0 Å². The van der Waals surface area contributed by atoms with E-state index in [-0.39, 0.29) is 5.12 Å². The van der Waals surface area contributed by atoms with E-state index in [1.54, 1.807) is 18.9 Å². The summed E-state index contributed by atoms with van der Waals surface area (Å²) < 4.78 is 5.58. The van der Waals surface area contributed by atoms with Crippen molar-refractivity contribution in [2.45, 2.75) is 36.5 Å². The van der Waals surface area contributed by atoms with Crippen molar-refractivity contribution in [2.24, 2.45) is 0 Å².